The molecule has 0 radical (unpaired) electrons. The summed E-state index contributed by atoms with van der Waals surface area (Å²) in [5, 5.41) is 22.2. The Kier molecular flexibility index (Phi) is 2.62. The van der Waals surface area contributed by atoms with E-state index in [9.17, 15) is 19.8 Å². The van der Waals surface area contributed by atoms with Gasteiger partial charge in [0, 0.05) is 30.6 Å². The van der Waals surface area contributed by atoms with Crippen molar-refractivity contribution in [1.82, 2.24) is 4.90 Å². The van der Waals surface area contributed by atoms with Gasteiger partial charge in [-0.25, -0.2) is 0 Å². The Balaban J connectivity index is 1.63. The van der Waals surface area contributed by atoms with Crippen molar-refractivity contribution in [3.63, 3.8) is 0 Å². The highest BCUT2D eigenvalue weighted by molar-refractivity contribution is 6.07. The zero-order valence-corrected chi connectivity index (χ0v) is 14.4. The van der Waals surface area contributed by atoms with Gasteiger partial charge in [-0.1, -0.05) is 0 Å². The summed E-state index contributed by atoms with van der Waals surface area (Å²) in [5.74, 6) is 0.634. The van der Waals surface area contributed by atoms with Crippen LogP contribution < -0.4 is 4.74 Å². The minimum Gasteiger partial charge on any atom is -0.504 e. The van der Waals surface area contributed by atoms with Gasteiger partial charge < -0.3 is 14.9 Å². The van der Waals surface area contributed by atoms with Crippen molar-refractivity contribution < 1.29 is 24.5 Å². The lowest BCUT2D eigenvalue weighted by molar-refractivity contribution is -0.178. The lowest BCUT2D eigenvalue weighted by Gasteiger charge is -2.61. The lowest BCUT2D eigenvalue weighted by atomic mass is 9.48. The Morgan fingerprint density at radius 2 is 2.04 bits per heavy atom. The van der Waals surface area contributed by atoms with Crippen LogP contribution in [0, 0.1) is 5.92 Å². The number of benzene rings is 1. The number of ether oxygens (including phenoxy) is 1. The second kappa shape index (κ2) is 4.49. The van der Waals surface area contributed by atoms with Crippen LogP contribution in [0.15, 0.2) is 12.1 Å². The van der Waals surface area contributed by atoms with E-state index in [0.29, 0.717) is 30.0 Å². The summed E-state index contributed by atoms with van der Waals surface area (Å²) in [5.41, 5.74) is -1.15. The molecule has 26 heavy (non-hydrogen) atoms. The van der Waals surface area contributed by atoms with Gasteiger partial charge in [-0.15, -0.1) is 0 Å². The highest BCUT2D eigenvalue weighted by Gasteiger charge is 2.75. The number of carbonyl (C=O) groups is 2. The van der Waals surface area contributed by atoms with Crippen molar-refractivity contribution in [2.24, 2.45) is 5.92 Å². The molecule has 2 aliphatic heterocycles. The first-order valence-electron chi connectivity index (χ1n) is 9.54. The van der Waals surface area contributed by atoms with E-state index in [1.54, 1.807) is 6.07 Å². The van der Waals surface area contributed by atoms with E-state index < -0.39 is 23.2 Å². The highest BCUT2D eigenvalue weighted by Crippen LogP contribution is 2.64. The van der Waals surface area contributed by atoms with Crippen LogP contribution in [0.4, 0.5) is 0 Å². The number of piperidine rings is 1. The number of Topliss-reactive ketones (excluding diaryl/α,β-unsaturated/α-hetero) is 2. The molecule has 2 bridgehead atoms. The Bertz CT molecular complexity index is 877. The van der Waals surface area contributed by atoms with Gasteiger partial charge in [0.1, 0.15) is 11.6 Å². The highest BCUT2D eigenvalue weighted by atomic mass is 16.5. The smallest absolute Gasteiger partial charge is 0.183 e. The van der Waals surface area contributed by atoms with E-state index in [0.717, 1.165) is 6.54 Å². The predicted octanol–water partition coefficient (Wildman–Crippen LogP) is 1.17. The maximum Gasteiger partial charge on any atom is 0.183 e. The van der Waals surface area contributed by atoms with E-state index in [2.05, 4.69) is 4.90 Å². The fraction of sp³-hybridized carbons (Fsp3) is 0.600. The molecule has 0 aromatic heterocycles. The predicted molar refractivity (Wildman–Crippen MR) is 90.4 cm³/mol. The molecule has 6 rings (SSSR count). The minimum atomic E-state index is -1.32. The molecule has 5 aliphatic rings. The molecule has 1 aromatic carbocycles. The molecule has 2 heterocycles. The summed E-state index contributed by atoms with van der Waals surface area (Å²) >= 11 is 0. The molecular weight excluding hydrogens is 334 g/mol. The van der Waals surface area contributed by atoms with Crippen LogP contribution in [0.5, 0.6) is 11.5 Å². The van der Waals surface area contributed by atoms with Crippen molar-refractivity contribution in [3.05, 3.63) is 23.3 Å². The molecule has 1 aromatic rings. The number of carbonyl (C=O) groups excluding carboxylic acids is 2. The van der Waals surface area contributed by atoms with Gasteiger partial charge in [0.25, 0.3) is 0 Å². The number of hydrogen-bond acceptors (Lipinski definition) is 6. The molecule has 6 nitrogen and oxygen atoms in total. The summed E-state index contributed by atoms with van der Waals surface area (Å²) in [6, 6.07) is 2.48. The molecule has 3 aliphatic carbocycles. The van der Waals surface area contributed by atoms with Gasteiger partial charge in [-0.3, -0.25) is 14.5 Å². The minimum absolute atomic E-state index is 0.0417. The number of likely N-dealkylation sites (tertiary alicyclic amines) is 1. The van der Waals surface area contributed by atoms with Crippen LogP contribution in [0.25, 0.3) is 0 Å². The number of aromatic hydroxyl groups is 1. The van der Waals surface area contributed by atoms with Gasteiger partial charge in [-0.2, -0.15) is 0 Å². The molecule has 6 heteroatoms. The molecule has 1 spiro atoms. The van der Waals surface area contributed by atoms with Crippen LogP contribution in [-0.2, 0) is 10.2 Å². The molecule has 136 valence electrons. The average Bonchev–Trinajstić information content (AvgIpc) is 3.35. The van der Waals surface area contributed by atoms with Gasteiger partial charge in [0.05, 0.1) is 5.41 Å². The molecule has 2 N–H and O–H groups in total. The summed E-state index contributed by atoms with van der Waals surface area (Å²) in [4.78, 5) is 28.3. The molecule has 2 saturated carbocycles. The first-order valence-corrected chi connectivity index (χ1v) is 9.54. The van der Waals surface area contributed by atoms with Gasteiger partial charge in [0.15, 0.2) is 29.2 Å². The third-order valence-corrected chi connectivity index (χ3v) is 7.40. The Labute approximate surface area is 150 Å². The van der Waals surface area contributed by atoms with Crippen molar-refractivity contribution in [1.29, 1.82) is 0 Å². The third kappa shape index (κ3) is 1.49. The number of nitrogens with zero attached hydrogens (tertiary/aromatic N) is 1. The number of phenols is 1. The first kappa shape index (κ1) is 15.2. The van der Waals surface area contributed by atoms with Crippen LogP contribution >= 0.6 is 0 Å². The second-order valence-corrected chi connectivity index (χ2v) is 8.65. The van der Waals surface area contributed by atoms with Gasteiger partial charge >= 0.3 is 0 Å². The topological polar surface area (TPSA) is 87.1 Å². The maximum absolute atomic E-state index is 13.4. The van der Waals surface area contributed by atoms with E-state index in [1.165, 1.54) is 18.9 Å². The summed E-state index contributed by atoms with van der Waals surface area (Å²) in [6.45, 7) is 1.49. The van der Waals surface area contributed by atoms with Crippen LogP contribution in [0.3, 0.4) is 0 Å². The summed E-state index contributed by atoms with van der Waals surface area (Å²) in [6.07, 6.45) is 2.60. The molecule has 3 fully saturated rings. The molecule has 0 unspecified atom stereocenters. The average molecular weight is 355 g/mol. The SMILES string of the molecule is O=C1c2ccc(O)c3c2[C@]24CCN(CC5CC5)[C@H]1[C@]2(O)CCC(=O)[C@@H]4O3. The van der Waals surface area contributed by atoms with Gasteiger partial charge in [0.2, 0.25) is 0 Å². The fourth-order valence-corrected chi connectivity index (χ4v) is 6.10. The summed E-state index contributed by atoms with van der Waals surface area (Å²) in [7, 11) is 0. The van der Waals surface area contributed by atoms with Crippen molar-refractivity contribution in [3.8, 4) is 11.5 Å². The number of hydrogen-bond donors (Lipinski definition) is 2. The van der Waals surface area contributed by atoms with Crippen LogP contribution in [-0.4, -0.2) is 57.5 Å². The fourth-order valence-electron chi connectivity index (χ4n) is 6.10. The van der Waals surface area contributed by atoms with Crippen molar-refractivity contribution in [2.75, 3.05) is 13.1 Å². The molecule has 4 atom stereocenters. The monoisotopic (exact) mass is 355 g/mol. The molecular formula is C20H21NO5. The van der Waals surface area contributed by atoms with E-state index >= 15 is 0 Å². The number of phenolic OH excluding ortho intramolecular Hbond substituents is 1. The quantitative estimate of drug-likeness (QED) is 0.828. The Hall–Kier alpha value is -1.92. The summed E-state index contributed by atoms with van der Waals surface area (Å²) < 4.78 is 5.93. The standard InChI is InChI=1S/C20H21NO5/c22-12-4-3-11-14-16(12)26-18-13(23)5-6-20(25)17(15(11)24)21(9-10-1-2-10)8-7-19(14,18)20/h3-4,10,17-18,22,25H,1-2,5-9H2/t17-,18+,19+,20-/m1/s1. The number of aliphatic hydroxyl groups is 1. The van der Waals surface area contributed by atoms with Crippen molar-refractivity contribution in [2.45, 2.75) is 55.3 Å². The first-order chi connectivity index (χ1) is 12.5. The molecule has 1 saturated heterocycles. The molecule has 0 amide bonds. The van der Waals surface area contributed by atoms with E-state index in [4.69, 9.17) is 4.74 Å². The van der Waals surface area contributed by atoms with Gasteiger partial charge in [-0.05, 0) is 43.7 Å². The lowest BCUT2D eigenvalue weighted by Crippen LogP contribution is -2.78. The second-order valence-electron chi connectivity index (χ2n) is 8.65. The largest absolute Gasteiger partial charge is 0.504 e. The Morgan fingerprint density at radius 1 is 1.23 bits per heavy atom. The maximum atomic E-state index is 13.4. The zero-order valence-electron chi connectivity index (χ0n) is 14.4. The third-order valence-electron chi connectivity index (χ3n) is 7.40. The zero-order chi connectivity index (χ0) is 17.8. The van der Waals surface area contributed by atoms with Crippen LogP contribution in [0.2, 0.25) is 0 Å². The number of rotatable bonds is 2. The van der Waals surface area contributed by atoms with Crippen LogP contribution in [0.1, 0.15) is 48.0 Å². The Morgan fingerprint density at radius 3 is 2.81 bits per heavy atom. The number of ketones is 2. The van der Waals surface area contributed by atoms with E-state index in [-0.39, 0.29) is 35.9 Å². The van der Waals surface area contributed by atoms with Crippen molar-refractivity contribution >= 4 is 11.6 Å². The normalized spacial score (nSPS) is 40.3. The van der Waals surface area contributed by atoms with E-state index in [1.807, 2.05) is 0 Å².